The highest BCUT2D eigenvalue weighted by molar-refractivity contribution is 5.28. The SMILES string of the molecule is CCCOc1cccc(CNC(C2CC2)C2CC2)c1. The van der Waals surface area contributed by atoms with E-state index in [1.807, 2.05) is 0 Å². The molecule has 0 atom stereocenters. The van der Waals surface area contributed by atoms with Gasteiger partial charge in [-0.25, -0.2) is 0 Å². The smallest absolute Gasteiger partial charge is 0.119 e. The third kappa shape index (κ3) is 3.73. The summed E-state index contributed by atoms with van der Waals surface area (Å²) in [5, 5.41) is 3.79. The number of hydrogen-bond acceptors (Lipinski definition) is 2. The zero-order valence-corrected chi connectivity index (χ0v) is 11.9. The third-order valence-electron chi connectivity index (χ3n) is 4.17. The van der Waals surface area contributed by atoms with E-state index in [4.69, 9.17) is 4.74 Å². The van der Waals surface area contributed by atoms with Crippen LogP contribution in [-0.4, -0.2) is 12.6 Å². The lowest BCUT2D eigenvalue weighted by atomic mass is 10.1. The van der Waals surface area contributed by atoms with Gasteiger partial charge in [-0.2, -0.15) is 0 Å². The Morgan fingerprint density at radius 2 is 1.95 bits per heavy atom. The van der Waals surface area contributed by atoms with Crippen LogP contribution in [0.25, 0.3) is 0 Å². The minimum Gasteiger partial charge on any atom is -0.494 e. The molecule has 0 spiro atoms. The summed E-state index contributed by atoms with van der Waals surface area (Å²) in [6.45, 7) is 3.94. The third-order valence-corrected chi connectivity index (χ3v) is 4.17. The Labute approximate surface area is 116 Å². The van der Waals surface area contributed by atoms with E-state index in [1.54, 1.807) is 0 Å². The summed E-state index contributed by atoms with van der Waals surface area (Å²) in [6.07, 6.45) is 6.82. The summed E-state index contributed by atoms with van der Waals surface area (Å²) in [7, 11) is 0. The number of ether oxygens (including phenoxy) is 1. The van der Waals surface area contributed by atoms with Gasteiger partial charge in [0.05, 0.1) is 6.61 Å². The number of nitrogens with one attached hydrogen (secondary N) is 1. The largest absolute Gasteiger partial charge is 0.494 e. The molecule has 0 bridgehead atoms. The molecule has 104 valence electrons. The molecule has 0 aliphatic heterocycles. The second-order valence-electron chi connectivity index (χ2n) is 6.08. The Balaban J connectivity index is 1.53. The summed E-state index contributed by atoms with van der Waals surface area (Å²) in [5.41, 5.74) is 1.35. The van der Waals surface area contributed by atoms with Crippen LogP contribution in [0.5, 0.6) is 5.75 Å². The molecule has 2 aliphatic carbocycles. The van der Waals surface area contributed by atoms with Crippen molar-refractivity contribution in [3.63, 3.8) is 0 Å². The van der Waals surface area contributed by atoms with Crippen molar-refractivity contribution in [2.75, 3.05) is 6.61 Å². The maximum Gasteiger partial charge on any atom is 0.119 e. The van der Waals surface area contributed by atoms with Crippen LogP contribution in [-0.2, 0) is 6.54 Å². The summed E-state index contributed by atoms with van der Waals surface area (Å²) in [5.74, 6) is 2.94. The summed E-state index contributed by atoms with van der Waals surface area (Å²) >= 11 is 0. The first kappa shape index (κ1) is 13.0. The molecule has 2 heteroatoms. The molecular weight excluding hydrogens is 234 g/mol. The Morgan fingerprint density at radius 3 is 2.58 bits per heavy atom. The van der Waals surface area contributed by atoms with Gasteiger partial charge in [-0.15, -0.1) is 0 Å². The van der Waals surface area contributed by atoms with Crippen molar-refractivity contribution in [1.82, 2.24) is 5.32 Å². The van der Waals surface area contributed by atoms with E-state index in [2.05, 4.69) is 36.5 Å². The minimum absolute atomic E-state index is 0.778. The van der Waals surface area contributed by atoms with Gasteiger partial charge in [0.1, 0.15) is 5.75 Å². The topological polar surface area (TPSA) is 21.3 Å². The molecule has 3 rings (SSSR count). The van der Waals surface area contributed by atoms with E-state index < -0.39 is 0 Å². The standard InChI is InChI=1S/C17H25NO/c1-2-10-19-16-5-3-4-13(11-16)12-18-17(14-6-7-14)15-8-9-15/h3-5,11,14-15,17-18H,2,6-10,12H2,1H3. The molecule has 19 heavy (non-hydrogen) atoms. The Bertz CT molecular complexity index is 397. The van der Waals surface area contributed by atoms with Gasteiger partial charge in [0.2, 0.25) is 0 Å². The number of benzene rings is 1. The van der Waals surface area contributed by atoms with E-state index in [9.17, 15) is 0 Å². The van der Waals surface area contributed by atoms with Crippen LogP contribution in [0.4, 0.5) is 0 Å². The molecule has 0 aromatic heterocycles. The van der Waals surface area contributed by atoms with Crippen LogP contribution in [0.1, 0.15) is 44.6 Å². The second kappa shape index (κ2) is 5.96. The van der Waals surface area contributed by atoms with E-state index in [-0.39, 0.29) is 0 Å². The molecule has 2 fully saturated rings. The van der Waals surface area contributed by atoms with E-state index >= 15 is 0 Å². The minimum atomic E-state index is 0.778. The van der Waals surface area contributed by atoms with Crippen LogP contribution >= 0.6 is 0 Å². The highest BCUT2D eigenvalue weighted by atomic mass is 16.5. The molecule has 2 nitrogen and oxygen atoms in total. The van der Waals surface area contributed by atoms with E-state index in [0.29, 0.717) is 0 Å². The fraction of sp³-hybridized carbons (Fsp3) is 0.647. The van der Waals surface area contributed by atoms with Crippen molar-refractivity contribution in [3.05, 3.63) is 29.8 Å². The monoisotopic (exact) mass is 259 g/mol. The van der Waals surface area contributed by atoms with Gasteiger partial charge in [0.25, 0.3) is 0 Å². The molecule has 0 heterocycles. The van der Waals surface area contributed by atoms with E-state index in [1.165, 1.54) is 31.2 Å². The lowest BCUT2D eigenvalue weighted by molar-refractivity contribution is 0.317. The van der Waals surface area contributed by atoms with Crippen LogP contribution in [0.2, 0.25) is 0 Å². The molecule has 2 aliphatic rings. The Morgan fingerprint density at radius 1 is 1.21 bits per heavy atom. The first-order chi connectivity index (χ1) is 9.36. The molecule has 0 unspecified atom stereocenters. The van der Waals surface area contributed by atoms with Gasteiger partial charge in [0.15, 0.2) is 0 Å². The van der Waals surface area contributed by atoms with Crippen molar-refractivity contribution < 1.29 is 4.74 Å². The fourth-order valence-electron chi connectivity index (χ4n) is 2.83. The van der Waals surface area contributed by atoms with Gasteiger partial charge in [-0.3, -0.25) is 0 Å². The summed E-state index contributed by atoms with van der Waals surface area (Å²) < 4.78 is 5.69. The van der Waals surface area contributed by atoms with Crippen molar-refractivity contribution >= 4 is 0 Å². The van der Waals surface area contributed by atoms with Crippen molar-refractivity contribution in [2.24, 2.45) is 11.8 Å². The molecule has 1 aromatic carbocycles. The quantitative estimate of drug-likeness (QED) is 0.767. The number of rotatable bonds is 8. The van der Waals surface area contributed by atoms with Gasteiger partial charge < -0.3 is 10.1 Å². The van der Waals surface area contributed by atoms with Gasteiger partial charge in [-0.1, -0.05) is 19.1 Å². The van der Waals surface area contributed by atoms with Gasteiger partial charge >= 0.3 is 0 Å². The van der Waals surface area contributed by atoms with E-state index in [0.717, 1.165) is 43.2 Å². The lowest BCUT2D eigenvalue weighted by Gasteiger charge is -2.18. The molecule has 1 aromatic rings. The predicted octanol–water partition coefficient (Wildman–Crippen LogP) is 3.75. The molecular formula is C17H25NO. The van der Waals surface area contributed by atoms with Crippen molar-refractivity contribution in [1.29, 1.82) is 0 Å². The van der Waals surface area contributed by atoms with Crippen molar-refractivity contribution in [3.8, 4) is 5.75 Å². The molecule has 0 saturated heterocycles. The van der Waals surface area contributed by atoms with Crippen molar-refractivity contribution in [2.45, 2.75) is 51.6 Å². The Hall–Kier alpha value is -1.02. The van der Waals surface area contributed by atoms with Crippen LogP contribution < -0.4 is 10.1 Å². The van der Waals surface area contributed by atoms with Crippen LogP contribution in [0.15, 0.2) is 24.3 Å². The molecule has 0 radical (unpaired) electrons. The molecule has 2 saturated carbocycles. The maximum atomic E-state index is 5.69. The fourth-order valence-corrected chi connectivity index (χ4v) is 2.83. The van der Waals surface area contributed by atoms with Gasteiger partial charge in [0, 0.05) is 12.6 Å². The predicted molar refractivity (Wildman–Crippen MR) is 78.3 cm³/mol. The first-order valence-electron chi connectivity index (χ1n) is 7.82. The maximum absolute atomic E-state index is 5.69. The van der Waals surface area contributed by atoms with Crippen LogP contribution in [0.3, 0.4) is 0 Å². The summed E-state index contributed by atoms with van der Waals surface area (Å²) in [6, 6.07) is 9.31. The highest BCUT2D eigenvalue weighted by Gasteiger charge is 2.40. The van der Waals surface area contributed by atoms with Gasteiger partial charge in [-0.05, 0) is 61.6 Å². The Kier molecular flexibility index (Phi) is 4.07. The molecule has 0 amide bonds. The molecule has 1 N–H and O–H groups in total. The summed E-state index contributed by atoms with van der Waals surface area (Å²) in [4.78, 5) is 0. The average molecular weight is 259 g/mol. The normalized spacial score (nSPS) is 18.8. The average Bonchev–Trinajstić information content (AvgIpc) is 3.29. The second-order valence-corrected chi connectivity index (χ2v) is 6.08. The van der Waals surface area contributed by atoms with Crippen LogP contribution in [0, 0.1) is 11.8 Å². The number of hydrogen-bond donors (Lipinski definition) is 1. The first-order valence-corrected chi connectivity index (χ1v) is 7.82. The zero-order chi connectivity index (χ0) is 13.1. The highest BCUT2D eigenvalue weighted by Crippen LogP contribution is 2.44. The lowest BCUT2D eigenvalue weighted by Crippen LogP contribution is -2.32. The zero-order valence-electron chi connectivity index (χ0n) is 11.9.